The second-order valence-corrected chi connectivity index (χ2v) is 6.63. The third kappa shape index (κ3) is 3.45. The zero-order valence-electron chi connectivity index (χ0n) is 13.3. The standard InChI is InChI=1S/C15H19N5O3S/c1-19-14(11-3-2-8-23-11)17-18-15(19)24-9-12(21)20-6-4-10(5-7-20)13(16)22/h2-3,8,10H,4-7,9H2,1H3,(H2,16,22). The minimum absolute atomic E-state index is 0.0328. The average Bonchev–Trinajstić information content (AvgIpc) is 3.22. The molecule has 2 N–H and O–H groups in total. The van der Waals surface area contributed by atoms with Gasteiger partial charge in [-0.3, -0.25) is 9.59 Å². The van der Waals surface area contributed by atoms with Crippen molar-refractivity contribution in [3.63, 3.8) is 0 Å². The molecule has 1 saturated heterocycles. The van der Waals surface area contributed by atoms with Crippen LogP contribution in [0.15, 0.2) is 28.0 Å². The number of carbonyl (C=O) groups excluding carboxylic acids is 2. The van der Waals surface area contributed by atoms with Crippen molar-refractivity contribution >= 4 is 23.6 Å². The van der Waals surface area contributed by atoms with E-state index in [0.717, 1.165) is 0 Å². The molecule has 0 atom stereocenters. The molecule has 3 rings (SSSR count). The molecule has 1 aliphatic heterocycles. The lowest BCUT2D eigenvalue weighted by atomic mass is 9.96. The van der Waals surface area contributed by atoms with Gasteiger partial charge in [0.2, 0.25) is 11.8 Å². The van der Waals surface area contributed by atoms with Crippen LogP contribution in [0.3, 0.4) is 0 Å². The second kappa shape index (κ2) is 7.08. The molecule has 0 aromatic carbocycles. The van der Waals surface area contributed by atoms with Crippen molar-refractivity contribution in [1.82, 2.24) is 19.7 Å². The van der Waals surface area contributed by atoms with Crippen molar-refractivity contribution in [2.24, 2.45) is 18.7 Å². The summed E-state index contributed by atoms with van der Waals surface area (Å²) in [5.41, 5.74) is 5.31. The largest absolute Gasteiger partial charge is 0.461 e. The van der Waals surface area contributed by atoms with Crippen LogP contribution in [0, 0.1) is 5.92 Å². The van der Waals surface area contributed by atoms with E-state index in [1.54, 1.807) is 21.8 Å². The van der Waals surface area contributed by atoms with Crippen LogP contribution in [0.2, 0.25) is 0 Å². The highest BCUT2D eigenvalue weighted by molar-refractivity contribution is 7.99. The Labute approximate surface area is 143 Å². The van der Waals surface area contributed by atoms with Crippen LogP contribution >= 0.6 is 11.8 Å². The van der Waals surface area contributed by atoms with Crippen LogP contribution in [0.25, 0.3) is 11.6 Å². The topological polar surface area (TPSA) is 107 Å². The highest BCUT2D eigenvalue weighted by Gasteiger charge is 2.26. The molecule has 1 aliphatic rings. The first-order valence-electron chi connectivity index (χ1n) is 7.69. The number of nitrogens with two attached hydrogens (primary N) is 1. The molecule has 0 spiro atoms. The number of furan rings is 1. The molecule has 0 bridgehead atoms. The molecule has 128 valence electrons. The molecule has 8 nitrogen and oxygen atoms in total. The molecule has 9 heteroatoms. The molecule has 0 unspecified atom stereocenters. The van der Waals surface area contributed by atoms with E-state index in [1.807, 2.05) is 13.1 Å². The fraction of sp³-hybridized carbons (Fsp3) is 0.467. The number of amides is 2. The van der Waals surface area contributed by atoms with Crippen molar-refractivity contribution in [3.8, 4) is 11.6 Å². The lowest BCUT2D eigenvalue weighted by Crippen LogP contribution is -2.42. The first kappa shape index (κ1) is 16.6. The van der Waals surface area contributed by atoms with Crippen molar-refractivity contribution < 1.29 is 14.0 Å². The summed E-state index contributed by atoms with van der Waals surface area (Å²) < 4.78 is 7.12. The molecule has 2 aromatic rings. The van der Waals surface area contributed by atoms with Gasteiger partial charge in [0.05, 0.1) is 12.0 Å². The van der Waals surface area contributed by atoms with Gasteiger partial charge in [0, 0.05) is 26.1 Å². The van der Waals surface area contributed by atoms with Crippen LogP contribution in [-0.4, -0.2) is 50.3 Å². The Balaban J connectivity index is 1.55. The highest BCUT2D eigenvalue weighted by Crippen LogP contribution is 2.24. The Hall–Kier alpha value is -2.29. The van der Waals surface area contributed by atoms with E-state index in [9.17, 15) is 9.59 Å². The number of hydrogen-bond donors (Lipinski definition) is 1. The normalized spacial score (nSPS) is 15.6. The number of rotatable bonds is 5. The maximum absolute atomic E-state index is 12.3. The molecule has 0 radical (unpaired) electrons. The van der Waals surface area contributed by atoms with Gasteiger partial charge in [-0.15, -0.1) is 10.2 Å². The molecule has 3 heterocycles. The monoisotopic (exact) mass is 349 g/mol. The molecule has 24 heavy (non-hydrogen) atoms. The molecular weight excluding hydrogens is 330 g/mol. The van der Waals surface area contributed by atoms with E-state index in [0.29, 0.717) is 42.7 Å². The van der Waals surface area contributed by atoms with Crippen LogP contribution in [0.5, 0.6) is 0 Å². The number of hydrogen-bond acceptors (Lipinski definition) is 6. The van der Waals surface area contributed by atoms with Gasteiger partial charge in [0.15, 0.2) is 16.7 Å². The summed E-state index contributed by atoms with van der Waals surface area (Å²) >= 11 is 1.34. The van der Waals surface area contributed by atoms with Gasteiger partial charge in [-0.05, 0) is 25.0 Å². The minimum atomic E-state index is -0.277. The summed E-state index contributed by atoms with van der Waals surface area (Å²) in [7, 11) is 1.84. The van der Waals surface area contributed by atoms with Crippen LogP contribution < -0.4 is 5.73 Å². The third-order valence-corrected chi connectivity index (χ3v) is 5.16. The Bertz CT molecular complexity index is 720. The highest BCUT2D eigenvalue weighted by atomic mass is 32.2. The number of piperidine rings is 1. The van der Waals surface area contributed by atoms with Crippen molar-refractivity contribution in [2.75, 3.05) is 18.8 Å². The van der Waals surface area contributed by atoms with Gasteiger partial charge < -0.3 is 19.6 Å². The Morgan fingerprint density at radius 2 is 2.12 bits per heavy atom. The minimum Gasteiger partial charge on any atom is -0.461 e. The molecule has 0 saturated carbocycles. The van der Waals surface area contributed by atoms with Gasteiger partial charge in [-0.1, -0.05) is 11.8 Å². The van der Waals surface area contributed by atoms with Gasteiger partial charge >= 0.3 is 0 Å². The Morgan fingerprint density at radius 1 is 1.38 bits per heavy atom. The fourth-order valence-electron chi connectivity index (χ4n) is 2.69. The van der Waals surface area contributed by atoms with E-state index in [2.05, 4.69) is 10.2 Å². The molecular formula is C15H19N5O3S. The molecule has 1 fully saturated rings. The third-order valence-electron chi connectivity index (χ3n) is 4.15. The number of aromatic nitrogens is 3. The summed E-state index contributed by atoms with van der Waals surface area (Å²) in [6.45, 7) is 1.15. The first-order chi connectivity index (χ1) is 11.6. The maximum Gasteiger partial charge on any atom is 0.233 e. The van der Waals surface area contributed by atoms with Gasteiger partial charge in [-0.25, -0.2) is 0 Å². The van der Waals surface area contributed by atoms with Crippen molar-refractivity contribution in [1.29, 1.82) is 0 Å². The lowest BCUT2D eigenvalue weighted by Gasteiger charge is -2.30. The zero-order chi connectivity index (χ0) is 17.1. The van der Waals surface area contributed by atoms with Gasteiger partial charge in [0.1, 0.15) is 0 Å². The summed E-state index contributed by atoms with van der Waals surface area (Å²) in [4.78, 5) is 25.2. The van der Waals surface area contributed by atoms with E-state index >= 15 is 0 Å². The first-order valence-corrected chi connectivity index (χ1v) is 8.68. The molecule has 2 aromatic heterocycles. The maximum atomic E-state index is 12.3. The Kier molecular flexibility index (Phi) is 4.89. The quantitative estimate of drug-likeness (QED) is 0.803. The summed E-state index contributed by atoms with van der Waals surface area (Å²) in [5.74, 6) is 1.18. The lowest BCUT2D eigenvalue weighted by molar-refractivity contribution is -0.132. The molecule has 0 aliphatic carbocycles. The van der Waals surface area contributed by atoms with Crippen molar-refractivity contribution in [3.05, 3.63) is 18.4 Å². The smallest absolute Gasteiger partial charge is 0.233 e. The SMILES string of the molecule is Cn1c(SCC(=O)N2CCC(C(N)=O)CC2)nnc1-c1ccco1. The van der Waals surface area contributed by atoms with E-state index < -0.39 is 0 Å². The fourth-order valence-corrected chi connectivity index (χ4v) is 3.51. The Morgan fingerprint density at radius 3 is 2.75 bits per heavy atom. The number of carbonyl (C=O) groups is 2. The predicted octanol–water partition coefficient (Wildman–Crippen LogP) is 0.891. The second-order valence-electron chi connectivity index (χ2n) is 5.69. The van der Waals surface area contributed by atoms with Crippen molar-refractivity contribution in [2.45, 2.75) is 18.0 Å². The number of thioether (sulfide) groups is 1. The molecule has 2 amide bonds. The van der Waals surface area contributed by atoms with Crippen LogP contribution in [0.4, 0.5) is 0 Å². The van der Waals surface area contributed by atoms with E-state index in [-0.39, 0.29) is 23.5 Å². The number of primary amides is 1. The number of likely N-dealkylation sites (tertiary alicyclic amines) is 1. The van der Waals surface area contributed by atoms with Crippen LogP contribution in [0.1, 0.15) is 12.8 Å². The van der Waals surface area contributed by atoms with Gasteiger partial charge in [-0.2, -0.15) is 0 Å². The van der Waals surface area contributed by atoms with Crippen LogP contribution in [-0.2, 0) is 16.6 Å². The summed E-state index contributed by atoms with van der Waals surface area (Å²) in [6.07, 6.45) is 2.85. The average molecular weight is 349 g/mol. The van der Waals surface area contributed by atoms with E-state index in [1.165, 1.54) is 11.8 Å². The van der Waals surface area contributed by atoms with Gasteiger partial charge in [0.25, 0.3) is 0 Å². The summed E-state index contributed by atoms with van der Waals surface area (Å²) in [5, 5.41) is 8.86. The summed E-state index contributed by atoms with van der Waals surface area (Å²) in [6, 6.07) is 3.60. The zero-order valence-corrected chi connectivity index (χ0v) is 14.2. The van der Waals surface area contributed by atoms with E-state index in [4.69, 9.17) is 10.2 Å². The predicted molar refractivity (Wildman–Crippen MR) is 87.9 cm³/mol. The number of nitrogens with zero attached hydrogens (tertiary/aromatic N) is 4.